The van der Waals surface area contributed by atoms with Gasteiger partial charge < -0.3 is 0 Å². The summed E-state index contributed by atoms with van der Waals surface area (Å²) >= 11 is 0. The molecule has 0 saturated heterocycles. The van der Waals surface area contributed by atoms with Gasteiger partial charge in [0.05, 0.1) is 10.6 Å². The number of amides is 1. The molecule has 2 aliphatic rings. The molecule has 1 aromatic carbocycles. The summed E-state index contributed by atoms with van der Waals surface area (Å²) in [5, 5.41) is 3.84. The third kappa shape index (κ3) is 4.88. The van der Waals surface area contributed by atoms with Gasteiger partial charge in [-0.15, -0.1) is 4.83 Å². The fourth-order valence-electron chi connectivity index (χ4n) is 4.33. The molecule has 33 heavy (non-hydrogen) atoms. The summed E-state index contributed by atoms with van der Waals surface area (Å²) in [6, 6.07) is 5.20. The van der Waals surface area contributed by atoms with E-state index in [9.17, 15) is 26.4 Å². The van der Waals surface area contributed by atoms with E-state index in [1.807, 2.05) is 22.4 Å². The highest BCUT2D eigenvalue weighted by molar-refractivity contribution is 7.89. The number of hydrazine groups is 1. The van der Waals surface area contributed by atoms with Gasteiger partial charge in [0.25, 0.3) is 10.0 Å². The number of hydrogen-bond acceptors (Lipinski definition) is 4. The summed E-state index contributed by atoms with van der Waals surface area (Å²) < 4.78 is 67.2. The first-order valence-corrected chi connectivity index (χ1v) is 12.0. The SMILES string of the molecule is CC(=O)NNS(=O)(=O)c1ccc(-n2cc(C3CCCC4=C3C=CCC4)c(C(F)(F)F)n2)cc1. The second-order valence-corrected chi connectivity index (χ2v) is 9.78. The molecule has 11 heteroatoms. The van der Waals surface area contributed by atoms with Crippen LogP contribution >= 0.6 is 0 Å². The van der Waals surface area contributed by atoms with Gasteiger partial charge >= 0.3 is 6.18 Å². The summed E-state index contributed by atoms with van der Waals surface area (Å²) in [7, 11) is -4.02. The van der Waals surface area contributed by atoms with E-state index in [0.29, 0.717) is 6.42 Å². The highest BCUT2D eigenvalue weighted by Crippen LogP contribution is 2.45. The predicted molar refractivity (Wildman–Crippen MR) is 115 cm³/mol. The topological polar surface area (TPSA) is 93.1 Å². The molecule has 0 spiro atoms. The number of carbonyl (C=O) groups excluding carboxylic acids is 1. The molecule has 176 valence electrons. The Morgan fingerprint density at radius 3 is 2.58 bits per heavy atom. The fraction of sp³-hybridized carbons (Fsp3) is 0.364. The molecule has 0 saturated carbocycles. The van der Waals surface area contributed by atoms with Gasteiger partial charge in [0.15, 0.2) is 5.69 Å². The van der Waals surface area contributed by atoms with Gasteiger partial charge in [0, 0.05) is 24.6 Å². The number of aromatic nitrogens is 2. The van der Waals surface area contributed by atoms with E-state index in [-0.39, 0.29) is 22.1 Å². The molecular weight excluding hydrogens is 457 g/mol. The average molecular weight is 481 g/mol. The van der Waals surface area contributed by atoms with Crippen LogP contribution in [-0.2, 0) is 21.0 Å². The minimum atomic E-state index is -4.62. The number of carbonyl (C=O) groups is 1. The average Bonchev–Trinajstić information content (AvgIpc) is 3.23. The highest BCUT2D eigenvalue weighted by Gasteiger charge is 2.40. The standard InChI is InChI=1S/C22H23F3N4O3S/c1-14(30)26-28-33(31,32)17-11-9-16(10-12-17)29-13-20(21(27-29)22(23,24)25)19-8-4-6-15-5-2-3-7-18(15)19/h3,7,9-13,19,28H,2,4-6,8H2,1H3,(H,26,30). The normalized spacial score (nSPS) is 18.8. The lowest BCUT2D eigenvalue weighted by molar-refractivity contribution is -0.142. The van der Waals surface area contributed by atoms with Crippen LogP contribution in [0.5, 0.6) is 0 Å². The molecule has 0 radical (unpaired) electrons. The van der Waals surface area contributed by atoms with Crippen LogP contribution in [0, 0.1) is 0 Å². The maximum absolute atomic E-state index is 13.9. The van der Waals surface area contributed by atoms with Crippen LogP contribution < -0.4 is 10.3 Å². The Morgan fingerprint density at radius 2 is 1.91 bits per heavy atom. The van der Waals surface area contributed by atoms with Crippen LogP contribution in [0.25, 0.3) is 5.69 Å². The Morgan fingerprint density at radius 1 is 1.18 bits per heavy atom. The second-order valence-electron chi connectivity index (χ2n) is 8.10. The van der Waals surface area contributed by atoms with Crippen LogP contribution in [0.3, 0.4) is 0 Å². The molecule has 1 heterocycles. The minimum Gasteiger partial charge on any atom is -0.278 e. The van der Waals surface area contributed by atoms with Gasteiger partial charge in [-0.2, -0.15) is 18.3 Å². The summed E-state index contributed by atoms with van der Waals surface area (Å²) in [6.45, 7) is 1.15. The van der Waals surface area contributed by atoms with Crippen LogP contribution in [-0.4, -0.2) is 24.1 Å². The molecule has 1 atom stereocenters. The molecular formula is C22H23F3N4O3S. The summed E-state index contributed by atoms with van der Waals surface area (Å²) in [5.41, 5.74) is 3.66. The van der Waals surface area contributed by atoms with E-state index < -0.39 is 27.8 Å². The summed E-state index contributed by atoms with van der Waals surface area (Å²) in [4.78, 5) is 12.7. The maximum atomic E-state index is 13.9. The Labute approximate surface area is 189 Å². The van der Waals surface area contributed by atoms with E-state index in [1.54, 1.807) is 0 Å². The zero-order chi connectivity index (χ0) is 23.8. The fourth-order valence-corrected chi connectivity index (χ4v) is 5.22. The number of sulfonamides is 1. The predicted octanol–water partition coefficient (Wildman–Crippen LogP) is 4.13. The van der Waals surface area contributed by atoms with Crippen molar-refractivity contribution in [3.05, 3.63) is 65.0 Å². The molecule has 1 unspecified atom stereocenters. The molecule has 2 N–H and O–H groups in total. The van der Waals surface area contributed by atoms with Crippen molar-refractivity contribution in [2.24, 2.45) is 0 Å². The third-order valence-corrected chi connectivity index (χ3v) is 7.09. The van der Waals surface area contributed by atoms with E-state index >= 15 is 0 Å². The van der Waals surface area contributed by atoms with E-state index in [1.165, 1.54) is 36.0 Å². The lowest BCUT2D eigenvalue weighted by Crippen LogP contribution is -2.40. The number of hydrogen-bond donors (Lipinski definition) is 2. The van der Waals surface area contributed by atoms with Gasteiger partial charge in [0.2, 0.25) is 5.91 Å². The molecule has 1 amide bonds. The Hall–Kier alpha value is -2.92. The number of nitrogens with one attached hydrogen (secondary N) is 2. The van der Waals surface area contributed by atoms with E-state index in [0.717, 1.165) is 42.9 Å². The van der Waals surface area contributed by atoms with Gasteiger partial charge in [-0.25, -0.2) is 13.1 Å². The number of allylic oxidation sites excluding steroid dienone is 4. The van der Waals surface area contributed by atoms with Gasteiger partial charge in [-0.05, 0) is 61.9 Å². The van der Waals surface area contributed by atoms with Crippen LogP contribution in [0.2, 0.25) is 0 Å². The molecule has 2 aliphatic carbocycles. The van der Waals surface area contributed by atoms with Crippen molar-refractivity contribution in [1.82, 2.24) is 20.0 Å². The molecule has 1 aromatic heterocycles. The van der Waals surface area contributed by atoms with Crippen molar-refractivity contribution < 1.29 is 26.4 Å². The van der Waals surface area contributed by atoms with Crippen molar-refractivity contribution in [3.8, 4) is 5.69 Å². The van der Waals surface area contributed by atoms with Crippen molar-refractivity contribution in [2.75, 3.05) is 0 Å². The monoisotopic (exact) mass is 480 g/mol. The molecule has 7 nitrogen and oxygen atoms in total. The number of nitrogens with zero attached hydrogens (tertiary/aromatic N) is 2. The zero-order valence-electron chi connectivity index (χ0n) is 17.8. The lowest BCUT2D eigenvalue weighted by Gasteiger charge is -2.29. The Bertz CT molecular complexity index is 1230. The summed E-state index contributed by atoms with van der Waals surface area (Å²) in [5.74, 6) is -0.968. The largest absolute Gasteiger partial charge is 0.435 e. The third-order valence-electron chi connectivity index (χ3n) is 5.82. The summed E-state index contributed by atoms with van der Waals surface area (Å²) in [6.07, 6.45) is 4.85. The van der Waals surface area contributed by atoms with Crippen molar-refractivity contribution in [2.45, 2.75) is 56.0 Å². The molecule has 4 rings (SSSR count). The van der Waals surface area contributed by atoms with Gasteiger partial charge in [0.1, 0.15) is 0 Å². The van der Waals surface area contributed by atoms with Crippen molar-refractivity contribution in [1.29, 1.82) is 0 Å². The minimum absolute atomic E-state index is 0.130. The smallest absolute Gasteiger partial charge is 0.278 e. The van der Waals surface area contributed by atoms with Gasteiger partial charge in [-0.3, -0.25) is 10.2 Å². The maximum Gasteiger partial charge on any atom is 0.435 e. The van der Waals surface area contributed by atoms with Crippen LogP contribution in [0.1, 0.15) is 56.2 Å². The number of rotatable bonds is 5. The number of halogens is 3. The van der Waals surface area contributed by atoms with Crippen LogP contribution in [0.4, 0.5) is 13.2 Å². The highest BCUT2D eigenvalue weighted by atomic mass is 32.2. The molecule has 0 bridgehead atoms. The zero-order valence-corrected chi connectivity index (χ0v) is 18.6. The van der Waals surface area contributed by atoms with Crippen molar-refractivity contribution >= 4 is 15.9 Å². The first-order valence-electron chi connectivity index (χ1n) is 10.5. The Balaban J connectivity index is 1.69. The quantitative estimate of drug-likeness (QED) is 0.630. The Kier molecular flexibility index (Phi) is 6.19. The van der Waals surface area contributed by atoms with Gasteiger partial charge in [-0.1, -0.05) is 17.7 Å². The number of alkyl halides is 3. The van der Waals surface area contributed by atoms with E-state index in [4.69, 9.17) is 0 Å². The van der Waals surface area contributed by atoms with E-state index in [2.05, 4.69) is 5.10 Å². The lowest BCUT2D eigenvalue weighted by atomic mass is 9.76. The first-order chi connectivity index (χ1) is 15.6. The van der Waals surface area contributed by atoms with Crippen molar-refractivity contribution in [3.63, 3.8) is 0 Å². The van der Waals surface area contributed by atoms with Crippen LogP contribution in [0.15, 0.2) is 58.7 Å². The number of benzene rings is 1. The second kappa shape index (κ2) is 8.79. The molecule has 0 aliphatic heterocycles. The first kappa shape index (κ1) is 23.2. The molecule has 2 aromatic rings. The molecule has 0 fully saturated rings.